The van der Waals surface area contributed by atoms with Gasteiger partial charge in [0, 0.05) is 17.1 Å². The lowest BCUT2D eigenvalue weighted by Gasteiger charge is -2.19. The molecule has 0 bridgehead atoms. The van der Waals surface area contributed by atoms with Crippen molar-refractivity contribution >= 4 is 50.5 Å². The number of carbonyl (C=O) groups excluding carboxylic acids is 2. The minimum atomic E-state index is -0.692. The number of fused-ring (bicyclic) bond motifs is 1. The molecule has 0 N–H and O–H groups in total. The zero-order valence-corrected chi connectivity index (χ0v) is 22.4. The van der Waals surface area contributed by atoms with Crippen LogP contribution in [0.25, 0.3) is 11.0 Å². The van der Waals surface area contributed by atoms with Gasteiger partial charge in [-0.2, -0.15) is 0 Å². The highest BCUT2D eigenvalue weighted by atomic mass is 79.9. The van der Waals surface area contributed by atoms with E-state index in [-0.39, 0.29) is 6.61 Å². The molecule has 0 aliphatic carbocycles. The summed E-state index contributed by atoms with van der Waals surface area (Å²) in [5.41, 5.74) is 3.50. The monoisotopic (exact) mass is 583 g/mol. The molecule has 3 atom stereocenters. The summed E-state index contributed by atoms with van der Waals surface area (Å²) in [6.07, 6.45) is 1.59. The van der Waals surface area contributed by atoms with Crippen molar-refractivity contribution in [1.29, 1.82) is 0 Å². The molecule has 5 rings (SSSR count). The third-order valence-electron chi connectivity index (χ3n) is 6.22. The zero-order valence-electron chi connectivity index (χ0n) is 20.1. The summed E-state index contributed by atoms with van der Waals surface area (Å²) < 4.78 is 20.2. The lowest BCUT2D eigenvalue weighted by Crippen LogP contribution is -2.32. The average Bonchev–Trinajstić information content (AvgIpc) is 3.44. The maximum Gasteiger partial charge on any atom is 0.338 e. The van der Waals surface area contributed by atoms with E-state index in [2.05, 4.69) is 25.9 Å². The fourth-order valence-electron chi connectivity index (χ4n) is 4.20. The Hall–Kier alpha value is -3.27. The van der Waals surface area contributed by atoms with Crippen LogP contribution in [-0.4, -0.2) is 45.3 Å². The summed E-state index contributed by atoms with van der Waals surface area (Å²) in [7, 11) is 0. The molecular formula is C27H23BrClN3O5. The molecule has 4 aromatic rings. The smallest absolute Gasteiger partial charge is 0.338 e. The predicted molar refractivity (Wildman–Crippen MR) is 141 cm³/mol. The van der Waals surface area contributed by atoms with E-state index < -0.39 is 30.4 Å². The highest BCUT2D eigenvalue weighted by molar-refractivity contribution is 9.10. The maximum absolute atomic E-state index is 12.9. The molecule has 0 unspecified atom stereocenters. The van der Waals surface area contributed by atoms with Crippen molar-refractivity contribution < 1.29 is 23.8 Å². The minimum absolute atomic E-state index is 0.0921. The van der Waals surface area contributed by atoms with Gasteiger partial charge in [-0.3, -0.25) is 0 Å². The van der Waals surface area contributed by atoms with Crippen LogP contribution in [0.3, 0.4) is 0 Å². The van der Waals surface area contributed by atoms with Gasteiger partial charge >= 0.3 is 11.9 Å². The summed E-state index contributed by atoms with van der Waals surface area (Å²) in [4.78, 5) is 34.0. The van der Waals surface area contributed by atoms with Crippen LogP contribution in [0, 0.1) is 13.8 Å². The second kappa shape index (κ2) is 10.6. The molecule has 8 nitrogen and oxygen atoms in total. The van der Waals surface area contributed by atoms with Crippen molar-refractivity contribution in [2.75, 3.05) is 6.61 Å². The van der Waals surface area contributed by atoms with E-state index in [0.717, 1.165) is 11.1 Å². The van der Waals surface area contributed by atoms with E-state index in [0.29, 0.717) is 38.2 Å². The molecular weight excluding hydrogens is 562 g/mol. The topological polar surface area (TPSA) is 92.5 Å². The van der Waals surface area contributed by atoms with Crippen molar-refractivity contribution in [3.05, 3.63) is 92.9 Å². The van der Waals surface area contributed by atoms with Gasteiger partial charge < -0.3 is 18.8 Å². The van der Waals surface area contributed by atoms with Gasteiger partial charge in [0.25, 0.3) is 0 Å². The van der Waals surface area contributed by atoms with Crippen molar-refractivity contribution in [3.63, 3.8) is 0 Å². The number of benzene rings is 2. The van der Waals surface area contributed by atoms with E-state index in [1.807, 2.05) is 42.7 Å². The Kier molecular flexibility index (Phi) is 7.28. The minimum Gasteiger partial charge on any atom is -0.459 e. The first-order chi connectivity index (χ1) is 17.8. The predicted octanol–water partition coefficient (Wildman–Crippen LogP) is 5.83. The standard InChI is InChI=1S/C27H23BrClN3O5/c1-15-3-7-17(8-4-15)26(33)35-13-21-20(37-27(34)18-9-5-16(2)6-10-18)11-22(36-21)32-12-19(28)23-24(29)30-14-31-25(23)32/h3-10,12,14,20-22H,11,13H2,1-2H3/t20-,21+,22-/m0/s1. The molecule has 1 aliphatic heterocycles. The number of rotatable bonds is 6. The SMILES string of the molecule is Cc1ccc(C(=O)OC[C@H]2O[C@H](n3cc(Br)c4c(Cl)ncnc43)C[C@@H]2OC(=O)c2ccc(C)cc2)cc1. The lowest BCUT2D eigenvalue weighted by atomic mass is 10.1. The van der Waals surface area contributed by atoms with Gasteiger partial charge in [-0.1, -0.05) is 47.0 Å². The van der Waals surface area contributed by atoms with Gasteiger partial charge in [0.1, 0.15) is 42.2 Å². The third-order valence-corrected chi connectivity index (χ3v) is 7.11. The van der Waals surface area contributed by atoms with Crippen LogP contribution in [0.2, 0.25) is 5.15 Å². The van der Waals surface area contributed by atoms with Crippen LogP contribution in [0.15, 0.2) is 65.5 Å². The Morgan fingerprint density at radius 3 is 2.30 bits per heavy atom. The first-order valence-electron chi connectivity index (χ1n) is 11.6. The van der Waals surface area contributed by atoms with Crippen molar-refractivity contribution in [2.24, 2.45) is 0 Å². The number of carbonyl (C=O) groups is 2. The van der Waals surface area contributed by atoms with Crippen LogP contribution in [-0.2, 0) is 14.2 Å². The number of nitrogens with zero attached hydrogens (tertiary/aromatic N) is 3. The van der Waals surface area contributed by atoms with Gasteiger partial charge in [-0.15, -0.1) is 0 Å². The third kappa shape index (κ3) is 5.39. The van der Waals surface area contributed by atoms with Crippen molar-refractivity contribution in [3.8, 4) is 0 Å². The Bertz CT molecular complexity index is 1460. The van der Waals surface area contributed by atoms with Crippen molar-refractivity contribution in [1.82, 2.24) is 14.5 Å². The summed E-state index contributed by atoms with van der Waals surface area (Å²) >= 11 is 9.79. The molecule has 1 saturated heterocycles. The molecule has 0 saturated carbocycles. The van der Waals surface area contributed by atoms with Gasteiger partial charge in [0.15, 0.2) is 0 Å². The first kappa shape index (κ1) is 25.4. The van der Waals surface area contributed by atoms with Crippen LogP contribution in [0.5, 0.6) is 0 Å². The van der Waals surface area contributed by atoms with Gasteiger partial charge in [0.05, 0.1) is 16.5 Å². The van der Waals surface area contributed by atoms with Crippen LogP contribution in [0.1, 0.15) is 44.5 Å². The van der Waals surface area contributed by atoms with E-state index >= 15 is 0 Å². The van der Waals surface area contributed by atoms with Crippen LogP contribution in [0.4, 0.5) is 0 Å². The van der Waals surface area contributed by atoms with Crippen LogP contribution < -0.4 is 0 Å². The average molecular weight is 585 g/mol. The van der Waals surface area contributed by atoms with Crippen LogP contribution >= 0.6 is 27.5 Å². The number of halogens is 2. The highest BCUT2D eigenvalue weighted by Gasteiger charge is 2.40. The molecule has 1 aliphatic rings. The summed E-state index contributed by atoms with van der Waals surface area (Å²) in [5, 5.41) is 0.953. The molecule has 0 radical (unpaired) electrons. The molecule has 0 amide bonds. The number of esters is 2. The Morgan fingerprint density at radius 1 is 1.03 bits per heavy atom. The summed E-state index contributed by atoms with van der Waals surface area (Å²) in [6.45, 7) is 3.79. The largest absolute Gasteiger partial charge is 0.459 e. The molecule has 3 heterocycles. The number of aryl methyl sites for hydroxylation is 2. The summed E-state index contributed by atoms with van der Waals surface area (Å²) in [5.74, 6) is -0.961. The zero-order chi connectivity index (χ0) is 26.1. The van der Waals surface area contributed by atoms with E-state index in [4.69, 9.17) is 25.8 Å². The Morgan fingerprint density at radius 2 is 1.65 bits per heavy atom. The Balaban J connectivity index is 1.38. The quantitative estimate of drug-likeness (QED) is 0.208. The lowest BCUT2D eigenvalue weighted by molar-refractivity contribution is -0.0562. The summed E-state index contributed by atoms with van der Waals surface area (Å²) in [6, 6.07) is 14.2. The van der Waals surface area contributed by atoms with E-state index in [9.17, 15) is 9.59 Å². The molecule has 2 aromatic carbocycles. The maximum atomic E-state index is 12.9. The molecule has 10 heteroatoms. The fraction of sp³-hybridized carbons (Fsp3) is 0.259. The fourth-order valence-corrected chi connectivity index (χ4v) is 5.13. The van der Waals surface area contributed by atoms with E-state index in [1.165, 1.54) is 6.33 Å². The van der Waals surface area contributed by atoms with Gasteiger partial charge in [-0.25, -0.2) is 19.6 Å². The molecule has 190 valence electrons. The number of ether oxygens (including phenoxy) is 3. The molecule has 0 spiro atoms. The van der Waals surface area contributed by atoms with Crippen molar-refractivity contribution in [2.45, 2.75) is 38.7 Å². The number of hydrogen-bond donors (Lipinski definition) is 0. The number of aromatic nitrogens is 3. The van der Waals surface area contributed by atoms with Gasteiger partial charge in [-0.05, 0) is 54.0 Å². The number of hydrogen-bond acceptors (Lipinski definition) is 7. The van der Waals surface area contributed by atoms with E-state index in [1.54, 1.807) is 30.5 Å². The second-order valence-corrected chi connectivity index (χ2v) is 10.1. The second-order valence-electron chi connectivity index (χ2n) is 8.89. The van der Waals surface area contributed by atoms with Gasteiger partial charge in [0.2, 0.25) is 0 Å². The first-order valence-corrected chi connectivity index (χ1v) is 12.8. The molecule has 37 heavy (non-hydrogen) atoms. The Labute approximate surface area is 226 Å². The normalized spacial score (nSPS) is 19.2. The molecule has 1 fully saturated rings. The molecule has 2 aromatic heterocycles. The highest BCUT2D eigenvalue weighted by Crippen LogP contribution is 2.37.